The van der Waals surface area contributed by atoms with Crippen LogP contribution in [-0.4, -0.2) is 55.4 Å². The molecule has 2 unspecified atom stereocenters. The summed E-state index contributed by atoms with van der Waals surface area (Å²) < 4.78 is 0. The number of hydrogen-bond donors (Lipinski definition) is 1. The minimum atomic E-state index is -0.266. The Morgan fingerprint density at radius 1 is 1.27 bits per heavy atom. The van der Waals surface area contributed by atoms with Gasteiger partial charge in [-0.3, -0.25) is 4.79 Å². The normalized spacial score (nSPS) is 41.7. The summed E-state index contributed by atoms with van der Waals surface area (Å²) >= 11 is 0. The first-order valence-electron chi connectivity index (χ1n) is 12.2. The molecular formula is C25H44N2O3. The van der Waals surface area contributed by atoms with E-state index in [1.165, 1.54) is 6.42 Å². The Labute approximate surface area is 183 Å². The van der Waals surface area contributed by atoms with Crippen LogP contribution in [0.1, 0.15) is 78.6 Å². The van der Waals surface area contributed by atoms with E-state index in [9.17, 15) is 9.90 Å². The third kappa shape index (κ3) is 4.77. The van der Waals surface area contributed by atoms with E-state index in [0.29, 0.717) is 24.2 Å². The minimum absolute atomic E-state index is 0.108. The van der Waals surface area contributed by atoms with Crippen LogP contribution in [0, 0.1) is 34.5 Å². The van der Waals surface area contributed by atoms with Gasteiger partial charge in [-0.15, -0.1) is 0 Å². The van der Waals surface area contributed by atoms with Crippen molar-refractivity contribution in [2.75, 3.05) is 27.2 Å². The summed E-state index contributed by atoms with van der Waals surface area (Å²) in [5.41, 5.74) is 0.0545. The van der Waals surface area contributed by atoms with E-state index in [-0.39, 0.29) is 28.8 Å². The number of Topliss-reactive ketones (excluding diaryl/α,β-unsaturated/α-hetero) is 1. The molecule has 0 amide bonds. The molecule has 30 heavy (non-hydrogen) atoms. The molecule has 5 heteroatoms. The fourth-order valence-corrected chi connectivity index (χ4v) is 7.00. The van der Waals surface area contributed by atoms with Gasteiger partial charge in [0.15, 0.2) is 0 Å². The Morgan fingerprint density at radius 3 is 2.73 bits per heavy atom. The quantitative estimate of drug-likeness (QED) is 0.356. The highest BCUT2D eigenvalue weighted by atomic mass is 16.6. The molecule has 0 radical (unpaired) electrons. The van der Waals surface area contributed by atoms with E-state index in [0.717, 1.165) is 57.9 Å². The lowest BCUT2D eigenvalue weighted by Gasteiger charge is -2.59. The van der Waals surface area contributed by atoms with Crippen LogP contribution in [0.3, 0.4) is 0 Å². The van der Waals surface area contributed by atoms with Gasteiger partial charge < -0.3 is 14.8 Å². The van der Waals surface area contributed by atoms with E-state index in [1.807, 2.05) is 20.3 Å². The van der Waals surface area contributed by atoms with Crippen LogP contribution in [0.15, 0.2) is 5.16 Å². The van der Waals surface area contributed by atoms with Crippen LogP contribution in [0.5, 0.6) is 0 Å². The van der Waals surface area contributed by atoms with Crippen LogP contribution in [-0.2, 0) is 9.63 Å². The number of aliphatic hydroxyl groups excluding tert-OH is 1. The molecule has 0 aliphatic heterocycles. The number of rotatable bonds is 8. The predicted octanol–water partition coefficient (Wildman–Crippen LogP) is 4.53. The van der Waals surface area contributed by atoms with Gasteiger partial charge in [0.2, 0.25) is 0 Å². The van der Waals surface area contributed by atoms with Crippen molar-refractivity contribution in [2.24, 2.45) is 39.7 Å². The Kier molecular flexibility index (Phi) is 7.66. The summed E-state index contributed by atoms with van der Waals surface area (Å²) in [7, 11) is 4.03. The first kappa shape index (κ1) is 23.7. The Morgan fingerprint density at radius 2 is 2.03 bits per heavy atom. The van der Waals surface area contributed by atoms with Gasteiger partial charge in [0.05, 0.1) is 6.10 Å². The van der Waals surface area contributed by atoms with E-state index in [1.54, 1.807) is 0 Å². The zero-order chi connectivity index (χ0) is 21.9. The number of aliphatic hydroxyl groups is 1. The lowest BCUT2D eigenvalue weighted by atomic mass is 9.45. The fraction of sp³-hybridized carbons (Fsp3) is 0.920. The summed E-state index contributed by atoms with van der Waals surface area (Å²) in [4.78, 5) is 20.9. The number of carbonyl (C=O) groups is 1. The molecule has 0 aromatic carbocycles. The van der Waals surface area contributed by atoms with Crippen LogP contribution >= 0.6 is 0 Å². The molecule has 0 heterocycles. The average Bonchev–Trinajstić information content (AvgIpc) is 2.68. The molecule has 3 saturated carbocycles. The van der Waals surface area contributed by atoms with Gasteiger partial charge in [0.1, 0.15) is 12.4 Å². The second kappa shape index (κ2) is 9.68. The molecule has 0 bridgehead atoms. The number of nitrogens with zero attached hydrogens (tertiary/aromatic N) is 2. The van der Waals surface area contributed by atoms with Crippen LogP contribution in [0.4, 0.5) is 0 Å². The molecule has 3 aliphatic carbocycles. The molecule has 3 fully saturated rings. The highest BCUT2D eigenvalue weighted by Crippen LogP contribution is 2.61. The molecular weight excluding hydrogens is 376 g/mol. The second-order valence-corrected chi connectivity index (χ2v) is 11.1. The maximum Gasteiger partial charge on any atom is 0.142 e. The van der Waals surface area contributed by atoms with Crippen molar-refractivity contribution in [3.05, 3.63) is 0 Å². The standard InChI is InChI=1S/C25H44N2O3/c1-6-11-24(2)12-9-21-20(23(24)29)8-7-19-16-22(28)18(17-25(19,21)3)10-13-26-30-15-14-27(4)5/h13,18-22,28H,6-12,14-17H2,1-5H3/b26-13+/t18?,19?,20-,21+,22-,24+,25+/m1/s1. The lowest BCUT2D eigenvalue weighted by Crippen LogP contribution is -2.56. The van der Waals surface area contributed by atoms with E-state index < -0.39 is 0 Å². The van der Waals surface area contributed by atoms with Gasteiger partial charge in [-0.1, -0.05) is 32.3 Å². The van der Waals surface area contributed by atoms with E-state index in [4.69, 9.17) is 4.84 Å². The summed E-state index contributed by atoms with van der Waals surface area (Å²) in [5, 5.41) is 14.9. The first-order chi connectivity index (χ1) is 14.2. The first-order valence-corrected chi connectivity index (χ1v) is 12.2. The van der Waals surface area contributed by atoms with Gasteiger partial charge in [-0.25, -0.2) is 0 Å². The Bertz CT molecular complexity index is 622. The maximum atomic E-state index is 13.5. The second-order valence-electron chi connectivity index (χ2n) is 11.1. The van der Waals surface area contributed by atoms with Crippen LogP contribution < -0.4 is 0 Å². The van der Waals surface area contributed by atoms with Crippen molar-refractivity contribution in [3.8, 4) is 0 Å². The van der Waals surface area contributed by atoms with Crippen molar-refractivity contribution in [1.82, 2.24) is 4.90 Å². The zero-order valence-electron chi connectivity index (χ0n) is 19.9. The molecule has 0 aromatic rings. The van der Waals surface area contributed by atoms with Gasteiger partial charge in [0, 0.05) is 24.1 Å². The number of hydrogen-bond acceptors (Lipinski definition) is 5. The summed E-state index contributed by atoms with van der Waals surface area (Å²) in [6.07, 6.45) is 10.7. The fourth-order valence-electron chi connectivity index (χ4n) is 7.00. The van der Waals surface area contributed by atoms with Gasteiger partial charge in [-0.2, -0.15) is 0 Å². The van der Waals surface area contributed by atoms with Crippen LogP contribution in [0.2, 0.25) is 0 Å². The van der Waals surface area contributed by atoms with Crippen molar-refractivity contribution >= 4 is 12.0 Å². The Balaban J connectivity index is 1.65. The smallest absolute Gasteiger partial charge is 0.142 e. The SMILES string of the molecule is CCC[C@@]1(C)CC[C@H]2[C@@H](CCC3C[C@@H](O)C(C/C=N/OCCN(C)C)C[C@@]32C)C1=O. The van der Waals surface area contributed by atoms with E-state index >= 15 is 0 Å². The Hall–Kier alpha value is -0.940. The van der Waals surface area contributed by atoms with Crippen molar-refractivity contribution in [2.45, 2.75) is 84.7 Å². The zero-order valence-corrected chi connectivity index (χ0v) is 19.9. The summed E-state index contributed by atoms with van der Waals surface area (Å²) in [6, 6.07) is 0. The van der Waals surface area contributed by atoms with Crippen molar-refractivity contribution in [3.63, 3.8) is 0 Å². The molecule has 0 aromatic heterocycles. The third-order valence-electron chi connectivity index (χ3n) is 8.79. The largest absolute Gasteiger partial charge is 0.395 e. The number of likely N-dealkylation sites (N-methyl/N-ethyl adjacent to an activating group) is 1. The monoisotopic (exact) mass is 420 g/mol. The number of oxime groups is 1. The molecule has 1 N–H and O–H groups in total. The molecule has 7 atom stereocenters. The van der Waals surface area contributed by atoms with Gasteiger partial charge >= 0.3 is 0 Å². The molecule has 0 saturated heterocycles. The van der Waals surface area contributed by atoms with E-state index in [2.05, 4.69) is 30.8 Å². The maximum absolute atomic E-state index is 13.5. The third-order valence-corrected chi connectivity index (χ3v) is 8.79. The predicted molar refractivity (Wildman–Crippen MR) is 121 cm³/mol. The lowest BCUT2D eigenvalue weighted by molar-refractivity contribution is -0.157. The van der Waals surface area contributed by atoms with Crippen molar-refractivity contribution < 1.29 is 14.7 Å². The van der Waals surface area contributed by atoms with Gasteiger partial charge in [0.25, 0.3) is 0 Å². The molecule has 5 nitrogen and oxygen atoms in total. The minimum Gasteiger partial charge on any atom is -0.395 e. The highest BCUT2D eigenvalue weighted by molar-refractivity contribution is 5.88. The summed E-state index contributed by atoms with van der Waals surface area (Å²) in [6.45, 7) is 8.26. The molecule has 3 aliphatic rings. The van der Waals surface area contributed by atoms with Crippen molar-refractivity contribution in [1.29, 1.82) is 0 Å². The summed E-state index contributed by atoms with van der Waals surface area (Å²) in [5.74, 6) is 2.01. The molecule has 0 spiro atoms. The number of ketones is 1. The molecule has 172 valence electrons. The van der Waals surface area contributed by atoms with Gasteiger partial charge in [-0.05, 0) is 88.6 Å². The van der Waals surface area contributed by atoms with Crippen LogP contribution in [0.25, 0.3) is 0 Å². The highest BCUT2D eigenvalue weighted by Gasteiger charge is 2.57. The average molecular weight is 421 g/mol. The number of fused-ring (bicyclic) bond motifs is 3. The number of carbonyl (C=O) groups excluding carboxylic acids is 1. The molecule has 3 rings (SSSR count). The topological polar surface area (TPSA) is 62.1 Å².